The molecule has 0 radical (unpaired) electrons. The molecule has 0 spiro atoms. The number of halogens is 1. The summed E-state index contributed by atoms with van der Waals surface area (Å²) in [5.74, 6) is 0.169. The molecule has 3 rings (SSSR count). The zero-order chi connectivity index (χ0) is 22.1. The Morgan fingerprint density at radius 1 is 1.19 bits per heavy atom. The fourth-order valence-electron chi connectivity index (χ4n) is 3.85. The van der Waals surface area contributed by atoms with Crippen LogP contribution in [-0.2, 0) is 24.4 Å². The monoisotopic (exact) mass is 425 g/mol. The van der Waals surface area contributed by atoms with Gasteiger partial charge in [0.2, 0.25) is 5.91 Å². The molecule has 0 aromatic heterocycles. The third kappa shape index (κ3) is 7.07. The van der Waals surface area contributed by atoms with Gasteiger partial charge in [-0.2, -0.15) is 0 Å². The van der Waals surface area contributed by atoms with Crippen LogP contribution < -0.4 is 16.4 Å². The van der Waals surface area contributed by atoms with Crippen molar-refractivity contribution in [2.75, 3.05) is 19.6 Å². The molecule has 166 valence electrons. The van der Waals surface area contributed by atoms with Crippen LogP contribution in [0.15, 0.2) is 53.5 Å². The normalized spacial score (nSPS) is 17.4. The van der Waals surface area contributed by atoms with Gasteiger partial charge in [-0.3, -0.25) is 9.69 Å². The van der Waals surface area contributed by atoms with E-state index in [1.54, 1.807) is 12.1 Å². The van der Waals surface area contributed by atoms with Crippen molar-refractivity contribution in [3.63, 3.8) is 0 Å². The lowest BCUT2D eigenvalue weighted by Crippen LogP contribution is -2.40. The number of piperidine rings is 1. The molecule has 4 N–H and O–H groups in total. The first kappa shape index (κ1) is 22.7. The maximum Gasteiger partial charge on any atom is 0.221 e. The van der Waals surface area contributed by atoms with Gasteiger partial charge in [0.1, 0.15) is 5.82 Å². The summed E-state index contributed by atoms with van der Waals surface area (Å²) in [6.07, 6.45) is 1.88. The van der Waals surface area contributed by atoms with E-state index in [2.05, 4.69) is 38.7 Å². The number of aliphatic imine (C=N–C) groups is 1. The number of guanidine groups is 1. The molecule has 1 fully saturated rings. The molecule has 1 amide bonds. The van der Waals surface area contributed by atoms with E-state index in [9.17, 15) is 9.18 Å². The average molecular weight is 426 g/mol. The van der Waals surface area contributed by atoms with Crippen LogP contribution in [0.3, 0.4) is 0 Å². The van der Waals surface area contributed by atoms with Gasteiger partial charge < -0.3 is 16.4 Å². The molecule has 6 nitrogen and oxygen atoms in total. The number of likely N-dealkylation sites (tertiary alicyclic amines) is 1. The molecule has 0 aliphatic carbocycles. The maximum atomic E-state index is 13.9. The molecule has 2 aromatic rings. The van der Waals surface area contributed by atoms with Gasteiger partial charge in [0.15, 0.2) is 5.96 Å². The van der Waals surface area contributed by atoms with Gasteiger partial charge in [0.25, 0.3) is 0 Å². The predicted octanol–water partition coefficient (Wildman–Crippen LogP) is 2.78. The number of carbonyl (C=O) groups is 1. The summed E-state index contributed by atoms with van der Waals surface area (Å²) in [5, 5.41) is 6.39. The first-order valence-corrected chi connectivity index (χ1v) is 10.9. The van der Waals surface area contributed by atoms with Gasteiger partial charge in [-0.15, -0.1) is 0 Å². The van der Waals surface area contributed by atoms with Crippen LogP contribution in [0.2, 0.25) is 0 Å². The number of hydrogen-bond donors (Lipinski definition) is 3. The number of amides is 1. The Kier molecular flexibility index (Phi) is 8.41. The van der Waals surface area contributed by atoms with E-state index in [-0.39, 0.29) is 17.6 Å². The summed E-state index contributed by atoms with van der Waals surface area (Å²) in [7, 11) is 0. The maximum absolute atomic E-state index is 13.9. The van der Waals surface area contributed by atoms with Gasteiger partial charge in [0, 0.05) is 31.7 Å². The summed E-state index contributed by atoms with van der Waals surface area (Å²) in [5.41, 5.74) is 8.40. The second-order valence-electron chi connectivity index (χ2n) is 7.94. The zero-order valence-electron chi connectivity index (χ0n) is 18.1. The Bertz CT molecular complexity index is 901. The first-order valence-electron chi connectivity index (χ1n) is 10.9. The van der Waals surface area contributed by atoms with Crippen LogP contribution >= 0.6 is 0 Å². The highest BCUT2D eigenvalue weighted by atomic mass is 19.1. The Labute approximate surface area is 183 Å². The quantitative estimate of drug-likeness (QED) is 0.449. The average Bonchev–Trinajstić information content (AvgIpc) is 2.77. The van der Waals surface area contributed by atoms with Crippen molar-refractivity contribution >= 4 is 11.9 Å². The van der Waals surface area contributed by atoms with Gasteiger partial charge in [-0.05, 0) is 43.5 Å². The number of hydrogen-bond acceptors (Lipinski definition) is 3. The molecule has 0 saturated carbocycles. The van der Waals surface area contributed by atoms with Crippen molar-refractivity contribution < 1.29 is 9.18 Å². The second-order valence-corrected chi connectivity index (χ2v) is 7.94. The molecule has 2 aromatic carbocycles. The molecule has 1 unspecified atom stereocenters. The van der Waals surface area contributed by atoms with Crippen molar-refractivity contribution in [2.24, 2.45) is 16.6 Å². The smallest absolute Gasteiger partial charge is 0.221 e. The van der Waals surface area contributed by atoms with Crippen molar-refractivity contribution in [3.05, 3.63) is 71.0 Å². The van der Waals surface area contributed by atoms with E-state index in [1.807, 2.05) is 19.1 Å². The fourth-order valence-corrected chi connectivity index (χ4v) is 3.85. The van der Waals surface area contributed by atoms with Crippen molar-refractivity contribution in [1.29, 1.82) is 0 Å². The van der Waals surface area contributed by atoms with Crippen molar-refractivity contribution in [1.82, 2.24) is 15.5 Å². The molecule has 7 heteroatoms. The van der Waals surface area contributed by atoms with Crippen molar-refractivity contribution in [2.45, 2.75) is 39.4 Å². The minimum atomic E-state index is -0.227. The zero-order valence-corrected chi connectivity index (χ0v) is 18.1. The third-order valence-corrected chi connectivity index (χ3v) is 5.47. The number of benzene rings is 2. The molecule has 1 saturated heterocycles. The van der Waals surface area contributed by atoms with Gasteiger partial charge in [-0.1, -0.05) is 42.5 Å². The van der Waals surface area contributed by atoms with Crippen LogP contribution in [0.5, 0.6) is 0 Å². The number of nitrogens with zero attached hydrogens (tertiary/aromatic N) is 2. The number of rotatable bonds is 8. The molecular formula is C24H32FN5O. The highest BCUT2D eigenvalue weighted by Gasteiger charge is 2.23. The summed E-state index contributed by atoms with van der Waals surface area (Å²) in [4.78, 5) is 18.5. The van der Waals surface area contributed by atoms with E-state index in [0.29, 0.717) is 24.6 Å². The second kappa shape index (κ2) is 11.5. The summed E-state index contributed by atoms with van der Waals surface area (Å²) in [6, 6.07) is 15.1. The SMILES string of the molecule is CCNC(=NCc1cccc(CN2CCCC(C(N)=O)C2)c1)NCc1ccccc1F. The molecule has 1 atom stereocenters. The van der Waals surface area contributed by atoms with E-state index < -0.39 is 0 Å². The van der Waals surface area contributed by atoms with Crippen LogP contribution in [0.1, 0.15) is 36.5 Å². The molecular weight excluding hydrogens is 393 g/mol. The first-order chi connectivity index (χ1) is 15.0. The Balaban J connectivity index is 1.59. The molecule has 1 heterocycles. The molecule has 0 bridgehead atoms. The highest BCUT2D eigenvalue weighted by molar-refractivity contribution is 5.79. The number of primary amides is 1. The highest BCUT2D eigenvalue weighted by Crippen LogP contribution is 2.19. The van der Waals surface area contributed by atoms with Crippen LogP contribution in [0, 0.1) is 11.7 Å². The van der Waals surface area contributed by atoms with E-state index in [0.717, 1.165) is 44.6 Å². The Morgan fingerprint density at radius 3 is 2.77 bits per heavy atom. The van der Waals surface area contributed by atoms with E-state index in [4.69, 9.17) is 5.73 Å². The van der Waals surface area contributed by atoms with E-state index >= 15 is 0 Å². The largest absolute Gasteiger partial charge is 0.369 e. The van der Waals surface area contributed by atoms with Crippen LogP contribution in [0.25, 0.3) is 0 Å². The standard InChI is InChI=1S/C24H32FN5O/c1-2-27-24(29-15-20-9-3-4-11-22(20)25)28-14-18-7-5-8-19(13-18)16-30-12-6-10-21(17-30)23(26)31/h3-5,7-9,11,13,21H,2,6,10,12,14-17H2,1H3,(H2,26,31)(H2,27,28,29). The Hall–Kier alpha value is -2.93. The fraction of sp³-hybridized carbons (Fsp3) is 0.417. The van der Waals surface area contributed by atoms with Gasteiger partial charge >= 0.3 is 0 Å². The minimum Gasteiger partial charge on any atom is -0.369 e. The van der Waals surface area contributed by atoms with Crippen LogP contribution in [0.4, 0.5) is 4.39 Å². The van der Waals surface area contributed by atoms with Crippen LogP contribution in [-0.4, -0.2) is 36.4 Å². The summed E-state index contributed by atoms with van der Waals surface area (Å²) < 4.78 is 13.9. The number of nitrogens with one attached hydrogen (secondary N) is 2. The predicted molar refractivity (Wildman–Crippen MR) is 122 cm³/mol. The lowest BCUT2D eigenvalue weighted by Gasteiger charge is -2.31. The minimum absolute atomic E-state index is 0.0512. The van der Waals surface area contributed by atoms with Gasteiger partial charge in [0.05, 0.1) is 12.5 Å². The van der Waals surface area contributed by atoms with Crippen molar-refractivity contribution in [3.8, 4) is 0 Å². The third-order valence-electron chi connectivity index (χ3n) is 5.47. The van der Waals surface area contributed by atoms with E-state index in [1.165, 1.54) is 11.6 Å². The molecule has 31 heavy (non-hydrogen) atoms. The molecule has 1 aliphatic heterocycles. The van der Waals surface area contributed by atoms with Gasteiger partial charge in [-0.25, -0.2) is 9.38 Å². The Morgan fingerprint density at radius 2 is 2.00 bits per heavy atom. The molecule has 1 aliphatic rings. The lowest BCUT2D eigenvalue weighted by molar-refractivity contribution is -0.123. The number of carbonyl (C=O) groups excluding carboxylic acids is 1. The lowest BCUT2D eigenvalue weighted by atomic mass is 9.97. The summed E-state index contributed by atoms with van der Waals surface area (Å²) >= 11 is 0. The number of nitrogens with two attached hydrogens (primary N) is 1. The topological polar surface area (TPSA) is 82.8 Å². The summed E-state index contributed by atoms with van der Waals surface area (Å²) in [6.45, 7) is 6.11.